The van der Waals surface area contributed by atoms with Crippen molar-refractivity contribution in [3.8, 4) is 5.75 Å². The normalized spacial score (nSPS) is 14.7. The molecule has 0 bridgehead atoms. The van der Waals surface area contributed by atoms with Gasteiger partial charge in [0.2, 0.25) is 0 Å². The molecule has 15 heavy (non-hydrogen) atoms. The van der Waals surface area contributed by atoms with E-state index >= 15 is 0 Å². The molecule has 0 amide bonds. The zero-order valence-corrected chi connectivity index (χ0v) is 9.53. The van der Waals surface area contributed by atoms with Crippen LogP contribution in [-0.2, 0) is 0 Å². The maximum absolute atomic E-state index is 9.13. The molecule has 0 radical (unpaired) electrons. The van der Waals surface area contributed by atoms with Gasteiger partial charge in [0.25, 0.3) is 0 Å². The molecule has 84 valence electrons. The predicted octanol–water partition coefficient (Wildman–Crippen LogP) is 1.58. The van der Waals surface area contributed by atoms with Gasteiger partial charge in [-0.05, 0) is 30.7 Å². The molecule has 0 spiro atoms. The lowest BCUT2D eigenvalue weighted by Gasteiger charge is -2.22. The minimum Gasteiger partial charge on any atom is -0.497 e. The summed E-state index contributed by atoms with van der Waals surface area (Å²) >= 11 is 0. The maximum atomic E-state index is 9.13. The lowest BCUT2D eigenvalue weighted by Crippen LogP contribution is -2.25. The van der Waals surface area contributed by atoms with Crippen molar-refractivity contribution in [2.75, 3.05) is 20.8 Å². The summed E-state index contributed by atoms with van der Waals surface area (Å²) in [5.74, 6) is 1.05. The quantitative estimate of drug-likeness (QED) is 0.773. The van der Waals surface area contributed by atoms with E-state index in [1.54, 1.807) is 7.11 Å². The van der Waals surface area contributed by atoms with Gasteiger partial charge in [-0.2, -0.15) is 0 Å². The van der Waals surface area contributed by atoms with E-state index < -0.39 is 0 Å². The summed E-state index contributed by atoms with van der Waals surface area (Å²) in [6.45, 7) is 2.20. The largest absolute Gasteiger partial charge is 0.497 e. The molecule has 1 aromatic rings. The minimum absolute atomic E-state index is 0.178. The Balaban J connectivity index is 2.83. The fourth-order valence-electron chi connectivity index (χ4n) is 1.70. The Morgan fingerprint density at radius 3 is 2.33 bits per heavy atom. The molecule has 0 fully saturated rings. The van der Waals surface area contributed by atoms with Crippen LogP contribution in [0.3, 0.4) is 0 Å². The molecule has 0 saturated heterocycles. The number of hydrogen-bond donors (Lipinski definition) is 2. The van der Waals surface area contributed by atoms with Gasteiger partial charge in [-0.15, -0.1) is 0 Å². The van der Waals surface area contributed by atoms with Crippen LogP contribution in [0.2, 0.25) is 0 Å². The minimum atomic E-state index is 0.178. The van der Waals surface area contributed by atoms with E-state index in [1.165, 1.54) is 5.56 Å². The number of hydrogen-bond acceptors (Lipinski definition) is 3. The highest BCUT2D eigenvalue weighted by molar-refractivity contribution is 5.29. The van der Waals surface area contributed by atoms with Crippen LogP contribution < -0.4 is 10.1 Å². The van der Waals surface area contributed by atoms with Crippen molar-refractivity contribution in [2.45, 2.75) is 13.0 Å². The smallest absolute Gasteiger partial charge is 0.118 e. The average molecular weight is 209 g/mol. The van der Waals surface area contributed by atoms with Gasteiger partial charge in [0, 0.05) is 12.6 Å². The van der Waals surface area contributed by atoms with Crippen LogP contribution in [0.1, 0.15) is 18.5 Å². The van der Waals surface area contributed by atoms with Gasteiger partial charge in [0.05, 0.1) is 7.11 Å². The first-order valence-electron chi connectivity index (χ1n) is 5.15. The topological polar surface area (TPSA) is 41.5 Å². The molecule has 2 unspecified atom stereocenters. The third-order valence-corrected chi connectivity index (χ3v) is 2.64. The fraction of sp³-hybridized carbons (Fsp3) is 0.500. The molecular weight excluding hydrogens is 190 g/mol. The van der Waals surface area contributed by atoms with Crippen molar-refractivity contribution in [1.29, 1.82) is 0 Å². The summed E-state index contributed by atoms with van der Waals surface area (Å²) in [4.78, 5) is 0. The Morgan fingerprint density at radius 2 is 1.93 bits per heavy atom. The SMILES string of the molecule is CNC(c1ccc(OC)cc1)C(C)CO. The second kappa shape index (κ2) is 5.73. The van der Waals surface area contributed by atoms with Gasteiger partial charge in [-0.25, -0.2) is 0 Å². The molecule has 0 aliphatic heterocycles. The highest BCUT2D eigenvalue weighted by atomic mass is 16.5. The Labute approximate surface area is 91.1 Å². The molecule has 0 saturated carbocycles. The monoisotopic (exact) mass is 209 g/mol. The second-order valence-electron chi connectivity index (χ2n) is 3.70. The molecule has 0 aliphatic carbocycles. The summed E-state index contributed by atoms with van der Waals surface area (Å²) in [7, 11) is 3.56. The predicted molar refractivity (Wildman–Crippen MR) is 61.0 cm³/mol. The number of ether oxygens (including phenoxy) is 1. The molecule has 3 heteroatoms. The summed E-state index contributed by atoms with van der Waals surface area (Å²) in [5.41, 5.74) is 1.17. The Kier molecular flexibility index (Phi) is 4.59. The average Bonchev–Trinajstić information content (AvgIpc) is 2.30. The van der Waals surface area contributed by atoms with Crippen LogP contribution in [-0.4, -0.2) is 25.9 Å². The molecule has 0 aromatic heterocycles. The van der Waals surface area contributed by atoms with E-state index in [-0.39, 0.29) is 18.6 Å². The van der Waals surface area contributed by atoms with Gasteiger partial charge >= 0.3 is 0 Å². The van der Waals surface area contributed by atoms with Crippen molar-refractivity contribution in [3.63, 3.8) is 0 Å². The molecular formula is C12H19NO2. The lowest BCUT2D eigenvalue weighted by molar-refractivity contribution is 0.206. The van der Waals surface area contributed by atoms with E-state index in [4.69, 9.17) is 9.84 Å². The number of methoxy groups -OCH3 is 1. The highest BCUT2D eigenvalue weighted by Crippen LogP contribution is 2.23. The van der Waals surface area contributed by atoms with Crippen molar-refractivity contribution >= 4 is 0 Å². The molecule has 2 atom stereocenters. The molecule has 2 N–H and O–H groups in total. The molecule has 3 nitrogen and oxygen atoms in total. The van der Waals surface area contributed by atoms with Crippen LogP contribution >= 0.6 is 0 Å². The first-order chi connectivity index (χ1) is 7.22. The molecule has 0 heterocycles. The van der Waals surface area contributed by atoms with E-state index in [9.17, 15) is 0 Å². The Morgan fingerprint density at radius 1 is 1.33 bits per heavy atom. The zero-order valence-electron chi connectivity index (χ0n) is 9.53. The number of aliphatic hydroxyl groups is 1. The molecule has 1 aromatic carbocycles. The van der Waals surface area contributed by atoms with E-state index in [0.717, 1.165) is 5.75 Å². The van der Waals surface area contributed by atoms with Crippen molar-refractivity contribution in [1.82, 2.24) is 5.32 Å². The Hall–Kier alpha value is -1.06. The second-order valence-corrected chi connectivity index (χ2v) is 3.70. The zero-order chi connectivity index (χ0) is 11.3. The van der Waals surface area contributed by atoms with E-state index in [2.05, 4.69) is 5.32 Å². The third kappa shape index (κ3) is 2.94. The van der Waals surface area contributed by atoms with E-state index in [0.29, 0.717) is 0 Å². The first-order valence-corrected chi connectivity index (χ1v) is 5.15. The third-order valence-electron chi connectivity index (χ3n) is 2.64. The van der Waals surface area contributed by atoms with Gasteiger partial charge in [0.1, 0.15) is 5.75 Å². The summed E-state index contributed by atoms with van der Waals surface area (Å²) in [6, 6.07) is 8.09. The first kappa shape index (κ1) is 12.0. The molecule has 0 aliphatic rings. The number of nitrogens with one attached hydrogen (secondary N) is 1. The van der Waals surface area contributed by atoms with Gasteiger partial charge in [-0.1, -0.05) is 19.1 Å². The van der Waals surface area contributed by atoms with Crippen LogP contribution in [0.5, 0.6) is 5.75 Å². The maximum Gasteiger partial charge on any atom is 0.118 e. The Bertz CT molecular complexity index is 284. The van der Waals surface area contributed by atoms with Gasteiger partial charge in [0.15, 0.2) is 0 Å². The number of rotatable bonds is 5. The van der Waals surface area contributed by atoms with Crippen LogP contribution in [0.4, 0.5) is 0 Å². The summed E-state index contributed by atoms with van der Waals surface area (Å²) < 4.78 is 5.10. The van der Waals surface area contributed by atoms with Crippen LogP contribution in [0, 0.1) is 5.92 Å². The number of benzene rings is 1. The van der Waals surface area contributed by atoms with Crippen molar-refractivity contribution < 1.29 is 9.84 Å². The fourth-order valence-corrected chi connectivity index (χ4v) is 1.70. The lowest BCUT2D eigenvalue weighted by atomic mass is 9.95. The van der Waals surface area contributed by atoms with Gasteiger partial charge < -0.3 is 15.2 Å². The standard InChI is InChI=1S/C12H19NO2/c1-9(8-14)12(13-2)10-4-6-11(15-3)7-5-10/h4-7,9,12-14H,8H2,1-3H3. The van der Waals surface area contributed by atoms with E-state index in [1.807, 2.05) is 38.2 Å². The van der Waals surface area contributed by atoms with Gasteiger partial charge in [-0.3, -0.25) is 0 Å². The number of aliphatic hydroxyl groups excluding tert-OH is 1. The molecule has 1 rings (SSSR count). The highest BCUT2D eigenvalue weighted by Gasteiger charge is 2.16. The van der Waals surface area contributed by atoms with Crippen molar-refractivity contribution in [3.05, 3.63) is 29.8 Å². The van der Waals surface area contributed by atoms with Crippen LogP contribution in [0.15, 0.2) is 24.3 Å². The summed E-state index contributed by atoms with van der Waals surface area (Å²) in [6.07, 6.45) is 0. The van der Waals surface area contributed by atoms with Crippen LogP contribution in [0.25, 0.3) is 0 Å². The van der Waals surface area contributed by atoms with Crippen molar-refractivity contribution in [2.24, 2.45) is 5.92 Å². The summed E-state index contributed by atoms with van der Waals surface area (Å²) in [5, 5.41) is 12.3.